The fraction of sp³-hybridized carbons (Fsp3) is 0.500. The average Bonchev–Trinajstić information content (AvgIpc) is 2.30. The molecule has 0 saturated carbocycles. The van der Waals surface area contributed by atoms with Gasteiger partial charge >= 0.3 is 0 Å². The molecule has 1 aromatic carbocycles. The molecular weight excluding hydrogens is 216 g/mol. The van der Waals surface area contributed by atoms with Crippen LogP contribution in [0.4, 0.5) is 0 Å². The molecular formula is C14H20O3. The van der Waals surface area contributed by atoms with Gasteiger partial charge in [-0.2, -0.15) is 0 Å². The second-order valence-electron chi connectivity index (χ2n) is 4.18. The van der Waals surface area contributed by atoms with Crippen molar-refractivity contribution in [3.05, 3.63) is 35.9 Å². The van der Waals surface area contributed by atoms with Crippen molar-refractivity contribution in [2.45, 2.75) is 33.0 Å². The summed E-state index contributed by atoms with van der Waals surface area (Å²) >= 11 is 0. The first-order chi connectivity index (χ1) is 8.13. The predicted molar refractivity (Wildman–Crippen MR) is 66.6 cm³/mol. The van der Waals surface area contributed by atoms with Gasteiger partial charge in [0.15, 0.2) is 6.29 Å². The molecule has 0 aliphatic rings. The monoisotopic (exact) mass is 236 g/mol. The number of aliphatic hydroxyl groups is 1. The number of rotatable bonds is 7. The third-order valence-electron chi connectivity index (χ3n) is 2.69. The minimum absolute atomic E-state index is 0.134. The Labute approximate surface area is 102 Å². The van der Waals surface area contributed by atoms with E-state index < -0.39 is 6.29 Å². The Morgan fingerprint density at radius 2 is 2.00 bits per heavy atom. The van der Waals surface area contributed by atoms with Crippen LogP contribution in [-0.2, 0) is 16.0 Å². The van der Waals surface area contributed by atoms with Gasteiger partial charge in [-0.15, -0.1) is 0 Å². The maximum Gasteiger partial charge on any atom is 0.155 e. The van der Waals surface area contributed by atoms with Crippen molar-refractivity contribution < 1.29 is 14.6 Å². The second kappa shape index (κ2) is 7.20. The lowest BCUT2D eigenvalue weighted by molar-refractivity contribution is -0.131. The number of benzene rings is 1. The smallest absolute Gasteiger partial charge is 0.155 e. The highest BCUT2D eigenvalue weighted by atomic mass is 16.6. The van der Waals surface area contributed by atoms with Crippen LogP contribution >= 0.6 is 0 Å². The van der Waals surface area contributed by atoms with Gasteiger partial charge in [0.1, 0.15) is 5.78 Å². The summed E-state index contributed by atoms with van der Waals surface area (Å²) in [7, 11) is 0. The Hall–Kier alpha value is -1.19. The van der Waals surface area contributed by atoms with E-state index in [2.05, 4.69) is 0 Å². The molecule has 94 valence electrons. The third-order valence-corrected chi connectivity index (χ3v) is 2.69. The largest absolute Gasteiger partial charge is 0.368 e. The van der Waals surface area contributed by atoms with Crippen molar-refractivity contribution in [1.82, 2.24) is 0 Å². The first-order valence-corrected chi connectivity index (χ1v) is 5.99. The van der Waals surface area contributed by atoms with E-state index in [9.17, 15) is 9.90 Å². The molecule has 1 rings (SSSR count). The highest BCUT2D eigenvalue weighted by Crippen LogP contribution is 2.12. The molecule has 17 heavy (non-hydrogen) atoms. The van der Waals surface area contributed by atoms with E-state index in [1.165, 1.54) is 0 Å². The molecule has 0 fully saturated rings. The van der Waals surface area contributed by atoms with E-state index in [1.54, 1.807) is 0 Å². The minimum atomic E-state index is -0.838. The Morgan fingerprint density at radius 1 is 1.35 bits per heavy atom. The number of carbonyl (C=O) groups excluding carboxylic acids is 1. The standard InChI is InChI=1S/C14H20O3/c1-3-17-14(16)9-11(2)13(15)10-12-7-5-4-6-8-12/h4-8,11,14,16H,3,9-10H2,1-2H3. The molecule has 1 aromatic rings. The molecule has 0 aromatic heterocycles. The SMILES string of the molecule is CCOC(O)CC(C)C(=O)Cc1ccccc1. The highest BCUT2D eigenvalue weighted by Gasteiger charge is 2.17. The van der Waals surface area contributed by atoms with Gasteiger partial charge in [0.05, 0.1) is 0 Å². The van der Waals surface area contributed by atoms with E-state index >= 15 is 0 Å². The number of hydrogen-bond donors (Lipinski definition) is 1. The molecule has 2 unspecified atom stereocenters. The molecule has 0 amide bonds. The summed E-state index contributed by atoms with van der Waals surface area (Å²) in [6, 6.07) is 9.63. The number of ether oxygens (including phenoxy) is 1. The molecule has 0 saturated heterocycles. The maximum absolute atomic E-state index is 11.9. The lowest BCUT2D eigenvalue weighted by atomic mass is 9.96. The first-order valence-electron chi connectivity index (χ1n) is 5.99. The van der Waals surface area contributed by atoms with Gasteiger partial charge in [-0.05, 0) is 12.5 Å². The number of aliphatic hydroxyl groups excluding tert-OH is 1. The van der Waals surface area contributed by atoms with Crippen LogP contribution in [0.1, 0.15) is 25.8 Å². The van der Waals surface area contributed by atoms with E-state index in [1.807, 2.05) is 44.2 Å². The van der Waals surface area contributed by atoms with Gasteiger partial charge in [0, 0.05) is 25.4 Å². The van der Waals surface area contributed by atoms with Crippen molar-refractivity contribution in [3.63, 3.8) is 0 Å². The van der Waals surface area contributed by atoms with Crippen LogP contribution in [0.25, 0.3) is 0 Å². The van der Waals surface area contributed by atoms with Gasteiger partial charge in [-0.3, -0.25) is 4.79 Å². The quantitative estimate of drug-likeness (QED) is 0.738. The van der Waals surface area contributed by atoms with Crippen molar-refractivity contribution in [2.24, 2.45) is 5.92 Å². The normalized spacial score (nSPS) is 14.3. The summed E-state index contributed by atoms with van der Waals surface area (Å²) in [4.78, 5) is 11.9. The molecule has 3 heteroatoms. The van der Waals surface area contributed by atoms with Crippen molar-refractivity contribution in [3.8, 4) is 0 Å². The lowest BCUT2D eigenvalue weighted by Crippen LogP contribution is -2.22. The summed E-state index contributed by atoms with van der Waals surface area (Å²) in [5.74, 6) is -0.0493. The zero-order valence-electron chi connectivity index (χ0n) is 10.4. The predicted octanol–water partition coefficient (Wildman–Crippen LogP) is 2.18. The van der Waals surface area contributed by atoms with Crippen LogP contribution < -0.4 is 0 Å². The Morgan fingerprint density at radius 3 is 2.59 bits per heavy atom. The molecule has 3 nitrogen and oxygen atoms in total. The first kappa shape index (κ1) is 13.9. The fourth-order valence-electron chi connectivity index (χ4n) is 1.67. The number of hydrogen-bond acceptors (Lipinski definition) is 3. The summed E-state index contributed by atoms with van der Waals surface area (Å²) < 4.78 is 5.02. The molecule has 0 aliphatic carbocycles. The number of ketones is 1. The topological polar surface area (TPSA) is 46.5 Å². The van der Waals surface area contributed by atoms with Gasteiger partial charge in [-0.25, -0.2) is 0 Å². The van der Waals surface area contributed by atoms with Crippen LogP contribution in [-0.4, -0.2) is 23.8 Å². The number of carbonyl (C=O) groups is 1. The third kappa shape index (κ3) is 5.11. The van der Waals surface area contributed by atoms with E-state index in [0.29, 0.717) is 19.4 Å². The van der Waals surface area contributed by atoms with Crippen molar-refractivity contribution >= 4 is 5.78 Å². The van der Waals surface area contributed by atoms with Crippen molar-refractivity contribution in [1.29, 1.82) is 0 Å². The molecule has 0 spiro atoms. The molecule has 0 radical (unpaired) electrons. The highest BCUT2D eigenvalue weighted by molar-refractivity contribution is 5.82. The van der Waals surface area contributed by atoms with Gasteiger partial charge in [-0.1, -0.05) is 37.3 Å². The molecule has 0 heterocycles. The Balaban J connectivity index is 2.42. The molecule has 0 bridgehead atoms. The molecule has 1 N–H and O–H groups in total. The summed E-state index contributed by atoms with van der Waals surface area (Å²) in [5, 5.41) is 9.46. The van der Waals surface area contributed by atoms with Crippen LogP contribution in [0.15, 0.2) is 30.3 Å². The van der Waals surface area contributed by atoms with Crippen LogP contribution in [0, 0.1) is 5.92 Å². The molecule has 0 aliphatic heterocycles. The van der Waals surface area contributed by atoms with Gasteiger partial charge in [0.2, 0.25) is 0 Å². The van der Waals surface area contributed by atoms with Crippen LogP contribution in [0.2, 0.25) is 0 Å². The minimum Gasteiger partial charge on any atom is -0.368 e. The second-order valence-corrected chi connectivity index (χ2v) is 4.18. The zero-order valence-corrected chi connectivity index (χ0v) is 10.4. The van der Waals surface area contributed by atoms with Gasteiger partial charge in [0.25, 0.3) is 0 Å². The van der Waals surface area contributed by atoms with E-state index in [4.69, 9.17) is 4.74 Å². The van der Waals surface area contributed by atoms with E-state index in [0.717, 1.165) is 5.56 Å². The fourth-order valence-corrected chi connectivity index (χ4v) is 1.67. The average molecular weight is 236 g/mol. The van der Waals surface area contributed by atoms with Crippen molar-refractivity contribution in [2.75, 3.05) is 6.61 Å². The van der Waals surface area contributed by atoms with Crippen LogP contribution in [0.5, 0.6) is 0 Å². The summed E-state index contributed by atoms with van der Waals surface area (Å²) in [6.45, 7) is 4.11. The number of Topliss-reactive ketones (excluding diaryl/α,β-unsaturated/α-hetero) is 1. The summed E-state index contributed by atoms with van der Waals surface area (Å²) in [5.41, 5.74) is 1.01. The van der Waals surface area contributed by atoms with Crippen LogP contribution in [0.3, 0.4) is 0 Å². The molecule has 2 atom stereocenters. The maximum atomic E-state index is 11.9. The van der Waals surface area contributed by atoms with Gasteiger partial charge < -0.3 is 9.84 Å². The van der Waals surface area contributed by atoms with E-state index in [-0.39, 0.29) is 11.7 Å². The Bertz CT molecular complexity index is 335. The zero-order chi connectivity index (χ0) is 12.7. The summed E-state index contributed by atoms with van der Waals surface area (Å²) in [6.07, 6.45) is -0.0601. The lowest BCUT2D eigenvalue weighted by Gasteiger charge is -2.15. The Kier molecular flexibility index (Phi) is 5.87.